The van der Waals surface area contributed by atoms with Gasteiger partial charge in [0.25, 0.3) is 5.82 Å². The van der Waals surface area contributed by atoms with Gasteiger partial charge in [0.1, 0.15) is 12.4 Å². The second-order valence-electron chi connectivity index (χ2n) is 13.6. The fourth-order valence-corrected chi connectivity index (χ4v) is 6.70. The number of hydrogen-bond donors (Lipinski definition) is 0. The van der Waals surface area contributed by atoms with Crippen molar-refractivity contribution in [3.8, 4) is 11.4 Å². The van der Waals surface area contributed by atoms with E-state index in [1.165, 1.54) is 191 Å². The van der Waals surface area contributed by atoms with Crippen molar-refractivity contribution in [2.24, 2.45) is 0 Å². The highest BCUT2D eigenvalue weighted by Gasteiger charge is 2.18. The smallest absolute Gasteiger partial charge is 0.230 e. The van der Waals surface area contributed by atoms with Crippen molar-refractivity contribution in [2.45, 2.75) is 207 Å². The number of imidazole rings is 1. The first-order valence-electron chi connectivity index (χ1n) is 19.5. The zero-order valence-corrected chi connectivity index (χ0v) is 29.1. The number of unbranched alkanes of at least 4 members (excludes halogenated alkanes) is 26. The van der Waals surface area contributed by atoms with Gasteiger partial charge in [0.15, 0.2) is 0 Å². The first-order valence-corrected chi connectivity index (χ1v) is 19.5. The molecule has 0 radical (unpaired) electrons. The van der Waals surface area contributed by atoms with Crippen molar-refractivity contribution in [3.63, 3.8) is 0 Å². The van der Waals surface area contributed by atoms with E-state index in [1.54, 1.807) is 0 Å². The molecule has 0 aliphatic heterocycles. The van der Waals surface area contributed by atoms with Crippen LogP contribution in [0.5, 0.6) is 0 Å². The molecule has 0 aliphatic rings. The molecule has 0 aliphatic carbocycles. The summed E-state index contributed by atoms with van der Waals surface area (Å²) in [4.78, 5) is 0. The molecule has 0 saturated heterocycles. The minimum absolute atomic E-state index is 1.15. The number of nitrogens with zero attached hydrogens (tertiary/aromatic N) is 2. The molecule has 0 saturated carbocycles. The molecule has 2 nitrogen and oxygen atoms in total. The second-order valence-corrected chi connectivity index (χ2v) is 13.6. The summed E-state index contributed by atoms with van der Waals surface area (Å²) in [5, 5.41) is 0. The average molecular weight is 594 g/mol. The van der Waals surface area contributed by atoms with Crippen LogP contribution in [0.25, 0.3) is 11.4 Å². The van der Waals surface area contributed by atoms with Gasteiger partial charge in [0.05, 0.1) is 18.7 Å². The Labute approximate surface area is 269 Å². The predicted molar refractivity (Wildman–Crippen MR) is 191 cm³/mol. The second kappa shape index (κ2) is 27.9. The zero-order valence-electron chi connectivity index (χ0n) is 29.1. The summed E-state index contributed by atoms with van der Waals surface area (Å²) >= 11 is 0. The molecule has 0 amide bonds. The number of rotatable bonds is 31. The average Bonchev–Trinajstić information content (AvgIpc) is 3.44. The highest BCUT2D eigenvalue weighted by Crippen LogP contribution is 2.19. The Morgan fingerprint density at radius 1 is 0.442 bits per heavy atom. The van der Waals surface area contributed by atoms with Gasteiger partial charge in [-0.3, -0.25) is 0 Å². The molecule has 2 rings (SSSR count). The van der Waals surface area contributed by atoms with Crippen LogP contribution < -0.4 is 4.57 Å². The van der Waals surface area contributed by atoms with Crippen LogP contribution in [0.3, 0.4) is 0 Å². The van der Waals surface area contributed by atoms with Crippen LogP contribution >= 0.6 is 0 Å². The molecule has 0 spiro atoms. The first kappa shape index (κ1) is 37.6. The molecule has 0 fully saturated rings. The zero-order chi connectivity index (χ0) is 30.5. The van der Waals surface area contributed by atoms with E-state index in [0.29, 0.717) is 0 Å². The lowest BCUT2D eigenvalue weighted by Crippen LogP contribution is -2.34. The van der Waals surface area contributed by atoms with Gasteiger partial charge < -0.3 is 0 Å². The summed E-state index contributed by atoms with van der Waals surface area (Å²) in [5.74, 6) is 1.41. The Morgan fingerprint density at radius 2 is 0.814 bits per heavy atom. The number of hydrogen-bond acceptors (Lipinski definition) is 0. The molecular formula is C41H73N2+. The Morgan fingerprint density at radius 3 is 1.23 bits per heavy atom. The highest BCUT2D eigenvalue weighted by atomic mass is 15.1. The maximum atomic E-state index is 2.53. The molecule has 1 aromatic carbocycles. The van der Waals surface area contributed by atoms with Crippen molar-refractivity contribution in [1.29, 1.82) is 0 Å². The van der Waals surface area contributed by atoms with Crippen LogP contribution in [0.2, 0.25) is 0 Å². The lowest BCUT2D eigenvalue weighted by atomic mass is 10.0. The van der Waals surface area contributed by atoms with Gasteiger partial charge in [-0.2, -0.15) is 0 Å². The lowest BCUT2D eigenvalue weighted by Gasteiger charge is -2.07. The van der Waals surface area contributed by atoms with Crippen LogP contribution in [-0.4, -0.2) is 4.57 Å². The summed E-state index contributed by atoms with van der Waals surface area (Å²) < 4.78 is 5.05. The van der Waals surface area contributed by atoms with Crippen molar-refractivity contribution in [1.82, 2.24) is 4.57 Å². The molecule has 1 heterocycles. The third-order valence-electron chi connectivity index (χ3n) is 9.51. The van der Waals surface area contributed by atoms with Gasteiger partial charge in [-0.25, -0.2) is 9.13 Å². The van der Waals surface area contributed by atoms with Crippen LogP contribution in [0, 0.1) is 0 Å². The fourth-order valence-electron chi connectivity index (χ4n) is 6.70. The fraction of sp³-hybridized carbons (Fsp3) is 0.780. The summed E-state index contributed by atoms with van der Waals surface area (Å²) in [6.45, 7) is 6.90. The summed E-state index contributed by atoms with van der Waals surface area (Å²) in [7, 11) is 0. The van der Waals surface area contributed by atoms with Crippen LogP contribution in [0.1, 0.15) is 194 Å². The van der Waals surface area contributed by atoms with Gasteiger partial charge in [-0.05, 0) is 37.8 Å². The number of aryl methyl sites for hydroxylation is 2. The SMILES string of the molecule is CCCCCCCCCCCCCCCCCCC[n+]1ccn(CCCCCCCCCCCCC)c1-c1ccccc1. The molecule has 0 atom stereocenters. The minimum Gasteiger partial charge on any atom is -0.230 e. The molecule has 2 aromatic rings. The van der Waals surface area contributed by atoms with E-state index < -0.39 is 0 Å². The quantitative estimate of drug-likeness (QED) is 0.0607. The molecule has 0 unspecified atom stereocenters. The molecule has 2 heteroatoms. The predicted octanol–water partition coefficient (Wildman–Crippen LogP) is 13.4. The van der Waals surface area contributed by atoms with Crippen molar-refractivity contribution >= 4 is 0 Å². The Bertz CT molecular complexity index is 839. The third-order valence-corrected chi connectivity index (χ3v) is 9.51. The highest BCUT2D eigenvalue weighted by molar-refractivity contribution is 5.52. The maximum Gasteiger partial charge on any atom is 0.288 e. The van der Waals surface area contributed by atoms with E-state index in [4.69, 9.17) is 0 Å². The summed E-state index contributed by atoms with van der Waals surface area (Å²) in [6, 6.07) is 11.1. The normalized spacial score (nSPS) is 11.5. The lowest BCUT2D eigenvalue weighted by molar-refractivity contribution is -0.686. The van der Waals surface area contributed by atoms with Gasteiger partial charge in [0, 0.05) is 0 Å². The molecular weight excluding hydrogens is 520 g/mol. The Balaban J connectivity index is 1.53. The molecule has 0 bridgehead atoms. The van der Waals surface area contributed by atoms with Crippen molar-refractivity contribution < 1.29 is 4.57 Å². The van der Waals surface area contributed by atoms with Crippen molar-refractivity contribution in [3.05, 3.63) is 42.7 Å². The van der Waals surface area contributed by atoms with E-state index >= 15 is 0 Å². The Kier molecular flexibility index (Phi) is 24.4. The monoisotopic (exact) mass is 594 g/mol. The number of benzene rings is 1. The van der Waals surface area contributed by atoms with Gasteiger partial charge >= 0.3 is 0 Å². The Hall–Kier alpha value is -1.57. The largest absolute Gasteiger partial charge is 0.288 e. The van der Waals surface area contributed by atoms with E-state index in [2.05, 4.69) is 65.7 Å². The van der Waals surface area contributed by atoms with E-state index in [9.17, 15) is 0 Å². The molecule has 43 heavy (non-hydrogen) atoms. The maximum absolute atomic E-state index is 2.53. The minimum atomic E-state index is 1.15. The molecule has 1 aromatic heterocycles. The van der Waals surface area contributed by atoms with Crippen LogP contribution in [0.4, 0.5) is 0 Å². The molecule has 246 valence electrons. The van der Waals surface area contributed by atoms with Gasteiger partial charge in [0.2, 0.25) is 0 Å². The van der Waals surface area contributed by atoms with Gasteiger partial charge in [-0.15, -0.1) is 0 Å². The third kappa shape index (κ3) is 19.4. The van der Waals surface area contributed by atoms with E-state index in [0.717, 1.165) is 13.1 Å². The number of aromatic nitrogens is 2. The van der Waals surface area contributed by atoms with E-state index in [1.807, 2.05) is 0 Å². The van der Waals surface area contributed by atoms with E-state index in [-0.39, 0.29) is 0 Å². The van der Waals surface area contributed by atoms with Crippen LogP contribution in [0.15, 0.2) is 42.7 Å². The first-order chi connectivity index (χ1) is 21.4. The topological polar surface area (TPSA) is 8.81 Å². The van der Waals surface area contributed by atoms with Crippen LogP contribution in [-0.2, 0) is 13.1 Å². The van der Waals surface area contributed by atoms with Gasteiger partial charge in [-0.1, -0.05) is 186 Å². The summed E-state index contributed by atoms with van der Waals surface area (Å²) in [5.41, 5.74) is 1.36. The summed E-state index contributed by atoms with van der Waals surface area (Å²) in [6.07, 6.45) is 44.5. The molecule has 0 N–H and O–H groups in total. The standard InChI is InChI=1S/C41H73N2/c1-3-5-7-9-11-13-15-16-17-18-19-20-22-24-26-28-33-37-43-39-38-42(41(43)40-34-30-29-31-35-40)36-32-27-25-23-21-14-12-10-8-6-4-2/h29-31,34-35,38-39H,3-28,32-33,36-37H2,1-2H3/q+1. The van der Waals surface area contributed by atoms with Crippen molar-refractivity contribution in [2.75, 3.05) is 0 Å².